The Morgan fingerprint density at radius 1 is 1.00 bits per heavy atom. The van der Waals surface area contributed by atoms with Crippen molar-refractivity contribution in [3.05, 3.63) is 47.5 Å². The molecule has 2 aromatic rings. The largest absolute Gasteiger partial charge is 0.496 e. The van der Waals surface area contributed by atoms with Crippen LogP contribution in [0.2, 0.25) is 0 Å². The Bertz CT molecular complexity index is 792. The van der Waals surface area contributed by atoms with Gasteiger partial charge in [-0.25, -0.2) is 4.79 Å². The number of carbonyl (C=O) groups excluding carboxylic acids is 2. The predicted octanol–water partition coefficient (Wildman–Crippen LogP) is 3.75. The summed E-state index contributed by atoms with van der Waals surface area (Å²) >= 11 is 0. The Labute approximate surface area is 147 Å². The molecule has 0 N–H and O–H groups in total. The third-order valence-corrected chi connectivity index (χ3v) is 3.65. The molecule has 0 atom stereocenters. The van der Waals surface area contributed by atoms with Crippen molar-refractivity contribution >= 4 is 28.8 Å². The van der Waals surface area contributed by atoms with Crippen molar-refractivity contribution in [2.24, 2.45) is 0 Å². The quantitative estimate of drug-likeness (QED) is 0.566. The molecule has 0 radical (unpaired) electrons. The number of rotatable bonds is 7. The molecule has 5 nitrogen and oxygen atoms in total. The lowest BCUT2D eigenvalue weighted by Gasteiger charge is -2.12. The first-order chi connectivity index (χ1) is 12.1. The van der Waals surface area contributed by atoms with E-state index in [1.807, 2.05) is 36.4 Å². The van der Waals surface area contributed by atoms with E-state index >= 15 is 0 Å². The molecule has 5 heteroatoms. The van der Waals surface area contributed by atoms with Gasteiger partial charge in [0, 0.05) is 11.1 Å². The van der Waals surface area contributed by atoms with Crippen LogP contribution in [0.25, 0.3) is 16.8 Å². The third-order valence-electron chi connectivity index (χ3n) is 3.65. The Morgan fingerprint density at radius 3 is 2.40 bits per heavy atom. The minimum atomic E-state index is -0.537. The molecule has 0 saturated heterocycles. The zero-order chi connectivity index (χ0) is 18.2. The standard InChI is InChI=1S/C20H22O5/c1-4-24-19(21)13-15(20(22)25-5-2)12-17-16-9-7-6-8-14(16)10-11-18(17)23-3/h6-12H,4-5,13H2,1-3H3/b15-12+. The van der Waals surface area contributed by atoms with Crippen molar-refractivity contribution < 1.29 is 23.8 Å². The first-order valence-corrected chi connectivity index (χ1v) is 8.19. The van der Waals surface area contributed by atoms with Gasteiger partial charge >= 0.3 is 11.9 Å². The van der Waals surface area contributed by atoms with E-state index in [2.05, 4.69) is 0 Å². The van der Waals surface area contributed by atoms with E-state index < -0.39 is 11.9 Å². The van der Waals surface area contributed by atoms with Crippen LogP contribution >= 0.6 is 0 Å². The number of carbonyl (C=O) groups is 2. The summed E-state index contributed by atoms with van der Waals surface area (Å²) in [5.74, 6) is -0.393. The number of hydrogen-bond acceptors (Lipinski definition) is 5. The van der Waals surface area contributed by atoms with Crippen LogP contribution in [0.5, 0.6) is 5.75 Å². The summed E-state index contributed by atoms with van der Waals surface area (Å²) in [7, 11) is 1.57. The van der Waals surface area contributed by atoms with Crippen molar-refractivity contribution in [3.8, 4) is 5.75 Å². The molecule has 132 valence electrons. The van der Waals surface area contributed by atoms with E-state index in [0.29, 0.717) is 5.75 Å². The number of esters is 2. The van der Waals surface area contributed by atoms with Crippen molar-refractivity contribution in [1.82, 2.24) is 0 Å². The highest BCUT2D eigenvalue weighted by Gasteiger charge is 2.18. The monoisotopic (exact) mass is 342 g/mol. The second kappa shape index (κ2) is 8.87. The van der Waals surface area contributed by atoms with Crippen molar-refractivity contribution in [2.45, 2.75) is 20.3 Å². The molecule has 0 aliphatic rings. The molecule has 0 bridgehead atoms. The Kier molecular flexibility index (Phi) is 6.57. The summed E-state index contributed by atoms with van der Waals surface area (Å²) in [5, 5.41) is 1.93. The van der Waals surface area contributed by atoms with Crippen LogP contribution in [0, 0.1) is 0 Å². The lowest BCUT2D eigenvalue weighted by atomic mass is 10.00. The van der Waals surface area contributed by atoms with Crippen molar-refractivity contribution in [2.75, 3.05) is 20.3 Å². The SMILES string of the molecule is CCOC(=O)C/C(=C\c1c(OC)ccc2ccccc12)C(=O)OCC. The van der Waals surface area contributed by atoms with E-state index in [1.165, 1.54) is 0 Å². The Morgan fingerprint density at radius 2 is 1.72 bits per heavy atom. The van der Waals surface area contributed by atoms with Crippen molar-refractivity contribution in [3.63, 3.8) is 0 Å². The Balaban J connectivity index is 2.55. The fourth-order valence-electron chi connectivity index (χ4n) is 2.55. The normalized spacial score (nSPS) is 11.2. The van der Waals surface area contributed by atoms with Gasteiger partial charge in [-0.2, -0.15) is 0 Å². The van der Waals surface area contributed by atoms with Gasteiger partial charge in [-0.15, -0.1) is 0 Å². The lowest BCUT2D eigenvalue weighted by molar-refractivity contribution is -0.145. The second-order valence-electron chi connectivity index (χ2n) is 5.27. The summed E-state index contributed by atoms with van der Waals surface area (Å²) in [4.78, 5) is 24.2. The summed E-state index contributed by atoms with van der Waals surface area (Å²) in [6.45, 7) is 3.93. The summed E-state index contributed by atoms with van der Waals surface area (Å²) < 4.78 is 15.5. The molecule has 0 saturated carbocycles. The smallest absolute Gasteiger partial charge is 0.334 e. The van der Waals surface area contributed by atoms with Crippen LogP contribution in [0.3, 0.4) is 0 Å². The van der Waals surface area contributed by atoms with Gasteiger partial charge < -0.3 is 14.2 Å². The van der Waals surface area contributed by atoms with Gasteiger partial charge in [0.15, 0.2) is 0 Å². The molecule has 0 fully saturated rings. The molecule has 2 aromatic carbocycles. The highest BCUT2D eigenvalue weighted by atomic mass is 16.5. The minimum Gasteiger partial charge on any atom is -0.496 e. The van der Waals surface area contributed by atoms with Crippen LogP contribution in [0.15, 0.2) is 42.0 Å². The number of hydrogen-bond donors (Lipinski definition) is 0. The minimum absolute atomic E-state index is 0.154. The molecule has 0 spiro atoms. The first kappa shape index (κ1) is 18.5. The zero-order valence-corrected chi connectivity index (χ0v) is 14.7. The molecule has 0 amide bonds. The van der Waals surface area contributed by atoms with E-state index in [4.69, 9.17) is 14.2 Å². The van der Waals surface area contributed by atoms with Gasteiger partial charge in [-0.3, -0.25) is 4.79 Å². The molecule has 0 aliphatic heterocycles. The molecule has 0 unspecified atom stereocenters. The predicted molar refractivity (Wildman–Crippen MR) is 96.4 cm³/mol. The van der Waals surface area contributed by atoms with Crippen LogP contribution in [-0.2, 0) is 19.1 Å². The summed E-state index contributed by atoms with van der Waals surface area (Å²) in [6, 6.07) is 11.5. The highest BCUT2D eigenvalue weighted by molar-refractivity contribution is 6.02. The van der Waals surface area contributed by atoms with Crippen LogP contribution in [-0.4, -0.2) is 32.3 Å². The molecular formula is C20H22O5. The van der Waals surface area contributed by atoms with E-state index in [-0.39, 0.29) is 25.2 Å². The molecule has 0 heterocycles. The molecule has 0 aliphatic carbocycles. The first-order valence-electron chi connectivity index (χ1n) is 8.19. The molecule has 2 rings (SSSR count). The van der Waals surface area contributed by atoms with Crippen LogP contribution < -0.4 is 4.74 Å². The van der Waals surface area contributed by atoms with Gasteiger partial charge in [-0.1, -0.05) is 30.3 Å². The van der Waals surface area contributed by atoms with Gasteiger partial charge in [-0.05, 0) is 36.8 Å². The van der Waals surface area contributed by atoms with Gasteiger partial charge in [0.05, 0.1) is 26.7 Å². The summed E-state index contributed by atoms with van der Waals surface area (Å²) in [5.41, 5.74) is 0.961. The number of ether oxygens (including phenoxy) is 3. The highest BCUT2D eigenvalue weighted by Crippen LogP contribution is 2.30. The van der Waals surface area contributed by atoms with Gasteiger partial charge in [0.2, 0.25) is 0 Å². The van der Waals surface area contributed by atoms with E-state index in [1.54, 1.807) is 27.0 Å². The van der Waals surface area contributed by atoms with Crippen LogP contribution in [0.4, 0.5) is 0 Å². The van der Waals surface area contributed by atoms with E-state index in [9.17, 15) is 9.59 Å². The molecular weight excluding hydrogens is 320 g/mol. The van der Waals surface area contributed by atoms with Crippen molar-refractivity contribution in [1.29, 1.82) is 0 Å². The molecule has 25 heavy (non-hydrogen) atoms. The Hall–Kier alpha value is -2.82. The third kappa shape index (κ3) is 4.59. The average molecular weight is 342 g/mol. The maximum absolute atomic E-state index is 12.3. The molecule has 0 aromatic heterocycles. The summed E-state index contributed by atoms with van der Waals surface area (Å²) in [6.07, 6.45) is 1.50. The zero-order valence-electron chi connectivity index (χ0n) is 14.7. The topological polar surface area (TPSA) is 61.8 Å². The maximum atomic E-state index is 12.3. The lowest BCUT2D eigenvalue weighted by Crippen LogP contribution is -2.13. The average Bonchev–Trinajstić information content (AvgIpc) is 2.61. The fraction of sp³-hybridized carbons (Fsp3) is 0.300. The number of methoxy groups -OCH3 is 1. The van der Waals surface area contributed by atoms with Gasteiger partial charge in [0.1, 0.15) is 5.75 Å². The fourth-order valence-corrected chi connectivity index (χ4v) is 2.55. The van der Waals surface area contributed by atoms with Gasteiger partial charge in [0.25, 0.3) is 0 Å². The maximum Gasteiger partial charge on any atom is 0.334 e. The number of benzene rings is 2. The number of fused-ring (bicyclic) bond motifs is 1. The van der Waals surface area contributed by atoms with Crippen LogP contribution in [0.1, 0.15) is 25.8 Å². The second-order valence-corrected chi connectivity index (χ2v) is 5.27. The van der Waals surface area contributed by atoms with E-state index in [0.717, 1.165) is 16.3 Å².